The minimum atomic E-state index is -2.25. The zero-order valence-corrected chi connectivity index (χ0v) is 25.9. The van der Waals surface area contributed by atoms with Crippen LogP contribution in [0.25, 0.3) is 0 Å². The quantitative estimate of drug-likeness (QED) is 0.265. The predicted octanol–water partition coefficient (Wildman–Crippen LogP) is 6.47. The molecule has 7 nitrogen and oxygen atoms in total. The fourth-order valence-electron chi connectivity index (χ4n) is 5.97. The Morgan fingerprint density at radius 2 is 1.28 bits per heavy atom. The van der Waals surface area contributed by atoms with E-state index in [2.05, 4.69) is 41.5 Å². The van der Waals surface area contributed by atoms with Crippen LogP contribution >= 0.6 is 0 Å². The molecule has 0 aromatic heterocycles. The van der Waals surface area contributed by atoms with Gasteiger partial charge in [0, 0.05) is 6.42 Å². The van der Waals surface area contributed by atoms with Crippen molar-refractivity contribution < 1.29 is 33.2 Å². The molecule has 1 fully saturated rings. The predicted molar refractivity (Wildman–Crippen MR) is 156 cm³/mol. The van der Waals surface area contributed by atoms with E-state index in [9.17, 15) is 5.11 Å². The fourth-order valence-corrected chi connectivity index (χ4v) is 11.5. The van der Waals surface area contributed by atoms with E-state index in [0.29, 0.717) is 36.3 Å². The van der Waals surface area contributed by atoms with Crippen molar-refractivity contribution in [3.05, 3.63) is 59.7 Å². The van der Waals surface area contributed by atoms with Gasteiger partial charge in [-0.3, -0.25) is 0 Å². The highest BCUT2D eigenvalue weighted by Crippen LogP contribution is 2.45. The van der Waals surface area contributed by atoms with Crippen LogP contribution in [0.5, 0.6) is 11.5 Å². The summed E-state index contributed by atoms with van der Waals surface area (Å²) in [5, 5.41) is 10.8. The summed E-state index contributed by atoms with van der Waals surface area (Å²) in [4.78, 5) is 0. The number of hydrogen-bond donors (Lipinski definition) is 1. The van der Waals surface area contributed by atoms with Crippen LogP contribution in [0.4, 0.5) is 0 Å². The van der Waals surface area contributed by atoms with E-state index in [0.717, 1.165) is 22.6 Å². The van der Waals surface area contributed by atoms with Gasteiger partial charge >= 0.3 is 0 Å². The Morgan fingerprint density at radius 1 is 0.795 bits per heavy atom. The zero-order valence-electron chi connectivity index (χ0n) is 24.9. The van der Waals surface area contributed by atoms with E-state index < -0.39 is 26.8 Å². The summed E-state index contributed by atoms with van der Waals surface area (Å²) < 4.78 is 36.4. The number of ether oxygens (including phenoxy) is 5. The number of hydrogen-bond acceptors (Lipinski definition) is 7. The van der Waals surface area contributed by atoms with Gasteiger partial charge in [0.25, 0.3) is 0 Å². The summed E-state index contributed by atoms with van der Waals surface area (Å²) in [6, 6.07) is 15.6. The van der Waals surface area contributed by atoms with Crippen molar-refractivity contribution in [1.82, 2.24) is 0 Å². The summed E-state index contributed by atoms with van der Waals surface area (Å²) >= 11 is 0. The second-order valence-electron chi connectivity index (χ2n) is 11.3. The molecule has 1 aliphatic heterocycles. The molecule has 1 unspecified atom stereocenters. The maximum atomic E-state index is 10.8. The summed E-state index contributed by atoms with van der Waals surface area (Å²) in [6.45, 7) is 14.7. The number of aliphatic hydroxyl groups is 1. The Balaban J connectivity index is 1.81. The Kier molecular flexibility index (Phi) is 11.8. The van der Waals surface area contributed by atoms with Gasteiger partial charge < -0.3 is 33.2 Å². The van der Waals surface area contributed by atoms with Gasteiger partial charge in [0.1, 0.15) is 23.7 Å². The molecule has 218 valence electrons. The summed E-state index contributed by atoms with van der Waals surface area (Å²) in [5.74, 6) is 1.60. The lowest BCUT2D eigenvalue weighted by molar-refractivity contribution is -0.253. The minimum absolute atomic E-state index is 0.274. The van der Waals surface area contributed by atoms with E-state index in [1.807, 2.05) is 48.5 Å². The lowest BCUT2D eigenvalue weighted by atomic mass is 10.0. The normalized spacial score (nSPS) is 22.1. The van der Waals surface area contributed by atoms with Crippen LogP contribution in [0.3, 0.4) is 0 Å². The van der Waals surface area contributed by atoms with Crippen LogP contribution in [0, 0.1) is 0 Å². The molecule has 4 atom stereocenters. The van der Waals surface area contributed by atoms with Gasteiger partial charge in [-0.25, -0.2) is 0 Å². The molecule has 0 spiro atoms. The largest absolute Gasteiger partial charge is 0.497 e. The van der Waals surface area contributed by atoms with Crippen molar-refractivity contribution in [2.75, 3.05) is 20.8 Å². The minimum Gasteiger partial charge on any atom is -0.497 e. The molecular weight excluding hydrogens is 512 g/mol. The lowest BCUT2D eigenvalue weighted by Crippen LogP contribution is -2.59. The van der Waals surface area contributed by atoms with E-state index in [1.165, 1.54) is 0 Å². The highest BCUT2D eigenvalue weighted by Gasteiger charge is 2.50. The summed E-state index contributed by atoms with van der Waals surface area (Å²) in [7, 11) is 1.06. The highest BCUT2D eigenvalue weighted by atomic mass is 28.4. The SMILES string of the molecule is COc1ccc(COC[C@H]2OC(O)C[C@@H](O[Si](C(C)C)(C(C)C)C(C)C)[C@@H]2OCc2ccc(OC)cc2)cc1. The van der Waals surface area contributed by atoms with Crippen molar-refractivity contribution >= 4 is 8.32 Å². The molecule has 39 heavy (non-hydrogen) atoms. The molecule has 0 saturated carbocycles. The number of methoxy groups -OCH3 is 2. The van der Waals surface area contributed by atoms with E-state index in [1.54, 1.807) is 14.2 Å². The van der Waals surface area contributed by atoms with Crippen LogP contribution in [0.2, 0.25) is 16.6 Å². The number of rotatable bonds is 14. The van der Waals surface area contributed by atoms with Crippen molar-refractivity contribution in [2.45, 2.75) is 102 Å². The summed E-state index contributed by atoms with van der Waals surface area (Å²) in [6.07, 6.45) is -1.75. The first-order chi connectivity index (χ1) is 18.6. The zero-order chi connectivity index (χ0) is 28.6. The van der Waals surface area contributed by atoms with Gasteiger partial charge in [-0.05, 0) is 52.0 Å². The van der Waals surface area contributed by atoms with Crippen molar-refractivity contribution in [3.63, 3.8) is 0 Å². The topological polar surface area (TPSA) is 75.6 Å². The lowest BCUT2D eigenvalue weighted by Gasteiger charge is -2.49. The third-order valence-electron chi connectivity index (χ3n) is 7.87. The molecule has 1 N–H and O–H groups in total. The third-order valence-corrected chi connectivity index (χ3v) is 14.0. The van der Waals surface area contributed by atoms with Crippen LogP contribution in [0.15, 0.2) is 48.5 Å². The monoisotopic (exact) mass is 560 g/mol. The standard InChI is InChI=1S/C31H48O7Si/c1-21(2)39(22(3)4,23(5)6)38-28-17-30(32)37-29(20-35-18-24-9-13-26(33-7)14-10-24)31(28)36-19-25-11-15-27(34-8)16-12-25/h9-16,21-23,28-32H,17-20H2,1-8H3/t28-,29-,30?,31+/m1/s1. The Hall–Kier alpha value is -1.94. The molecule has 3 rings (SSSR count). The molecule has 1 aliphatic rings. The van der Waals surface area contributed by atoms with Crippen LogP contribution in [-0.2, 0) is 31.9 Å². The van der Waals surface area contributed by atoms with Crippen molar-refractivity contribution in [1.29, 1.82) is 0 Å². The smallest absolute Gasteiger partial charge is 0.200 e. The molecular formula is C31H48O7Si. The number of benzene rings is 2. The molecule has 8 heteroatoms. The van der Waals surface area contributed by atoms with E-state index >= 15 is 0 Å². The Labute approximate surface area is 235 Å². The second-order valence-corrected chi connectivity index (χ2v) is 16.7. The maximum absolute atomic E-state index is 10.8. The van der Waals surface area contributed by atoms with Crippen molar-refractivity contribution in [3.8, 4) is 11.5 Å². The second kappa shape index (κ2) is 14.6. The molecule has 1 heterocycles. The van der Waals surface area contributed by atoms with Gasteiger partial charge in [0.05, 0.1) is 40.1 Å². The van der Waals surface area contributed by atoms with Gasteiger partial charge in [-0.2, -0.15) is 0 Å². The van der Waals surface area contributed by atoms with Gasteiger partial charge in [-0.15, -0.1) is 0 Å². The fraction of sp³-hybridized carbons (Fsp3) is 0.613. The molecule has 2 aromatic rings. The van der Waals surface area contributed by atoms with Crippen LogP contribution < -0.4 is 9.47 Å². The average molecular weight is 561 g/mol. The first kappa shape index (κ1) is 31.6. The summed E-state index contributed by atoms with van der Waals surface area (Å²) in [5.41, 5.74) is 3.28. The molecule has 0 radical (unpaired) electrons. The maximum Gasteiger partial charge on any atom is 0.200 e. The Morgan fingerprint density at radius 3 is 1.74 bits per heavy atom. The molecule has 2 aromatic carbocycles. The van der Waals surface area contributed by atoms with E-state index in [-0.39, 0.29) is 12.7 Å². The third kappa shape index (κ3) is 8.05. The van der Waals surface area contributed by atoms with Crippen molar-refractivity contribution in [2.24, 2.45) is 0 Å². The van der Waals surface area contributed by atoms with E-state index in [4.69, 9.17) is 28.1 Å². The van der Waals surface area contributed by atoms with Gasteiger partial charge in [-0.1, -0.05) is 65.8 Å². The highest BCUT2D eigenvalue weighted by molar-refractivity contribution is 6.77. The van der Waals surface area contributed by atoms with Gasteiger partial charge in [0.15, 0.2) is 6.29 Å². The van der Waals surface area contributed by atoms with Crippen LogP contribution in [-0.4, -0.2) is 58.9 Å². The molecule has 0 aliphatic carbocycles. The first-order valence-corrected chi connectivity index (χ1v) is 16.2. The van der Waals surface area contributed by atoms with Crippen LogP contribution in [0.1, 0.15) is 59.1 Å². The first-order valence-electron chi connectivity index (χ1n) is 14.1. The molecule has 0 bridgehead atoms. The Bertz CT molecular complexity index is 956. The molecule has 0 amide bonds. The average Bonchev–Trinajstić information content (AvgIpc) is 2.91. The molecule has 1 saturated heterocycles. The van der Waals surface area contributed by atoms with Gasteiger partial charge in [0.2, 0.25) is 8.32 Å². The number of aliphatic hydroxyl groups excluding tert-OH is 1.